The number of rotatable bonds is 6. The largest absolute Gasteiger partial charge is 0.335 e. The van der Waals surface area contributed by atoms with Gasteiger partial charge in [-0.2, -0.15) is 0 Å². The average molecular weight is 269 g/mol. The summed E-state index contributed by atoms with van der Waals surface area (Å²) in [6.45, 7) is 1.34. The lowest BCUT2D eigenvalue weighted by atomic mass is 10.2. The normalized spacial score (nSPS) is 13.8. The molecule has 0 saturated heterocycles. The fraction of sp³-hybridized carbons (Fsp3) is 0.500. The third-order valence-electron chi connectivity index (χ3n) is 3.10. The molecule has 18 heavy (non-hydrogen) atoms. The summed E-state index contributed by atoms with van der Waals surface area (Å²) in [6, 6.07) is 10.7. The summed E-state index contributed by atoms with van der Waals surface area (Å²) in [4.78, 5) is 14.1. The van der Waals surface area contributed by atoms with Gasteiger partial charge in [0.25, 0.3) is 0 Å². The van der Waals surface area contributed by atoms with E-state index in [1.165, 1.54) is 5.56 Å². The smallest absolute Gasteiger partial charge is 0.223 e. The highest BCUT2D eigenvalue weighted by Crippen LogP contribution is 2.29. The number of benzene rings is 1. The Kier molecular flexibility index (Phi) is 6.16. The molecule has 1 fully saturated rings. The molecular weight excluding hydrogens is 248 g/mol. The maximum Gasteiger partial charge on any atom is 0.223 e. The van der Waals surface area contributed by atoms with E-state index < -0.39 is 0 Å². The lowest BCUT2D eigenvalue weighted by Crippen LogP contribution is -2.32. The molecule has 100 valence electrons. The number of amides is 1. The average Bonchev–Trinajstić information content (AvgIpc) is 3.18. The van der Waals surface area contributed by atoms with Crippen LogP contribution in [-0.4, -0.2) is 23.4 Å². The maximum absolute atomic E-state index is 12.1. The zero-order chi connectivity index (χ0) is 12.1. The Hall–Kier alpha value is -1.06. The van der Waals surface area contributed by atoms with E-state index in [2.05, 4.69) is 12.1 Å². The van der Waals surface area contributed by atoms with Crippen LogP contribution in [0.1, 0.15) is 31.2 Å². The van der Waals surface area contributed by atoms with Crippen LogP contribution >= 0.6 is 12.4 Å². The Morgan fingerprint density at radius 2 is 1.94 bits per heavy atom. The first kappa shape index (κ1) is 15.0. The van der Waals surface area contributed by atoms with Crippen molar-refractivity contribution in [2.24, 2.45) is 5.73 Å². The highest BCUT2D eigenvalue weighted by Gasteiger charge is 2.31. The summed E-state index contributed by atoms with van der Waals surface area (Å²) in [5.74, 6) is 0.252. The molecule has 1 amide bonds. The van der Waals surface area contributed by atoms with E-state index in [-0.39, 0.29) is 18.3 Å². The predicted molar refractivity (Wildman–Crippen MR) is 75.6 cm³/mol. The Bertz CT molecular complexity index is 365. The monoisotopic (exact) mass is 268 g/mol. The molecule has 1 saturated carbocycles. The molecule has 0 atom stereocenters. The minimum atomic E-state index is 0. The number of nitrogens with two attached hydrogens (primary N) is 1. The van der Waals surface area contributed by atoms with Crippen LogP contribution in [0.15, 0.2) is 30.3 Å². The van der Waals surface area contributed by atoms with E-state index in [0.717, 1.165) is 25.8 Å². The summed E-state index contributed by atoms with van der Waals surface area (Å²) >= 11 is 0. The lowest BCUT2D eigenvalue weighted by molar-refractivity contribution is -0.132. The Morgan fingerprint density at radius 3 is 2.50 bits per heavy atom. The molecule has 3 nitrogen and oxygen atoms in total. The van der Waals surface area contributed by atoms with E-state index >= 15 is 0 Å². The molecule has 4 heteroatoms. The molecule has 0 unspecified atom stereocenters. The van der Waals surface area contributed by atoms with Gasteiger partial charge in [0.1, 0.15) is 0 Å². The molecule has 0 heterocycles. The van der Waals surface area contributed by atoms with Gasteiger partial charge >= 0.3 is 0 Å². The molecule has 0 bridgehead atoms. The fourth-order valence-electron chi connectivity index (χ4n) is 1.98. The molecule has 0 radical (unpaired) electrons. The second kappa shape index (κ2) is 7.39. The first-order valence-corrected chi connectivity index (χ1v) is 6.34. The summed E-state index contributed by atoms with van der Waals surface area (Å²) < 4.78 is 0. The van der Waals surface area contributed by atoms with Crippen LogP contribution in [0.5, 0.6) is 0 Å². The molecule has 2 N–H and O–H groups in total. The summed E-state index contributed by atoms with van der Waals surface area (Å²) in [5, 5.41) is 0. The number of halogens is 1. The quantitative estimate of drug-likeness (QED) is 0.861. The van der Waals surface area contributed by atoms with E-state index in [1.807, 2.05) is 23.1 Å². The summed E-state index contributed by atoms with van der Waals surface area (Å²) in [5.41, 5.74) is 6.66. The van der Waals surface area contributed by atoms with Crippen LogP contribution in [0, 0.1) is 0 Å². The van der Waals surface area contributed by atoms with Crippen LogP contribution in [-0.2, 0) is 11.3 Å². The van der Waals surface area contributed by atoms with Gasteiger partial charge in [0.05, 0.1) is 0 Å². The van der Waals surface area contributed by atoms with Gasteiger partial charge in [0.2, 0.25) is 5.91 Å². The molecule has 0 spiro atoms. The standard InChI is InChI=1S/C14H20N2O.ClH/c15-10-4-7-14(17)16(13-8-9-13)11-12-5-2-1-3-6-12;/h1-3,5-6,13H,4,7-11,15H2;1H. The molecule has 2 rings (SSSR count). The minimum Gasteiger partial charge on any atom is -0.335 e. The van der Waals surface area contributed by atoms with E-state index in [0.29, 0.717) is 19.0 Å². The van der Waals surface area contributed by atoms with Crippen molar-refractivity contribution >= 4 is 18.3 Å². The van der Waals surface area contributed by atoms with E-state index in [1.54, 1.807) is 0 Å². The van der Waals surface area contributed by atoms with Gasteiger partial charge in [0, 0.05) is 19.0 Å². The van der Waals surface area contributed by atoms with E-state index in [4.69, 9.17) is 5.73 Å². The SMILES string of the molecule is Cl.NCCCC(=O)N(Cc1ccccc1)C1CC1. The Balaban J connectivity index is 0.00000162. The van der Waals surface area contributed by atoms with Crippen molar-refractivity contribution in [2.75, 3.05) is 6.54 Å². The molecule has 1 aliphatic carbocycles. The highest BCUT2D eigenvalue weighted by atomic mass is 35.5. The summed E-state index contributed by atoms with van der Waals surface area (Å²) in [7, 11) is 0. The third kappa shape index (κ3) is 4.31. The van der Waals surface area contributed by atoms with Gasteiger partial charge in [-0.25, -0.2) is 0 Å². The van der Waals surface area contributed by atoms with Gasteiger partial charge in [0.15, 0.2) is 0 Å². The second-order valence-electron chi connectivity index (χ2n) is 4.63. The lowest BCUT2D eigenvalue weighted by Gasteiger charge is -2.22. The first-order valence-electron chi connectivity index (χ1n) is 6.34. The molecular formula is C14H21ClN2O. The van der Waals surface area contributed by atoms with Crippen molar-refractivity contribution in [3.63, 3.8) is 0 Å². The van der Waals surface area contributed by atoms with Crippen LogP contribution in [0.2, 0.25) is 0 Å². The minimum absolute atomic E-state index is 0. The first-order chi connectivity index (χ1) is 8.31. The molecule has 0 aliphatic heterocycles. The predicted octanol–water partition coefficient (Wildman–Crippen LogP) is 2.34. The van der Waals surface area contributed by atoms with Gasteiger partial charge < -0.3 is 10.6 Å². The van der Waals surface area contributed by atoms with Crippen LogP contribution in [0.25, 0.3) is 0 Å². The van der Waals surface area contributed by atoms with Gasteiger partial charge in [-0.3, -0.25) is 4.79 Å². The van der Waals surface area contributed by atoms with Crippen LogP contribution < -0.4 is 5.73 Å². The number of carbonyl (C=O) groups is 1. The van der Waals surface area contributed by atoms with Crippen molar-refractivity contribution in [3.05, 3.63) is 35.9 Å². The zero-order valence-corrected chi connectivity index (χ0v) is 11.4. The third-order valence-corrected chi connectivity index (χ3v) is 3.10. The van der Waals surface area contributed by atoms with E-state index in [9.17, 15) is 4.79 Å². The Morgan fingerprint density at radius 1 is 1.28 bits per heavy atom. The van der Waals surface area contributed by atoms with Crippen molar-refractivity contribution < 1.29 is 4.79 Å². The van der Waals surface area contributed by atoms with Gasteiger partial charge in [-0.05, 0) is 31.4 Å². The Labute approximate surface area is 115 Å². The molecule has 0 aromatic heterocycles. The highest BCUT2D eigenvalue weighted by molar-refractivity contribution is 5.85. The summed E-state index contributed by atoms with van der Waals surface area (Å²) in [6.07, 6.45) is 3.68. The fourth-order valence-corrected chi connectivity index (χ4v) is 1.98. The second-order valence-corrected chi connectivity index (χ2v) is 4.63. The maximum atomic E-state index is 12.1. The van der Waals surface area contributed by atoms with Crippen LogP contribution in [0.4, 0.5) is 0 Å². The van der Waals surface area contributed by atoms with Crippen LogP contribution in [0.3, 0.4) is 0 Å². The zero-order valence-electron chi connectivity index (χ0n) is 10.5. The number of carbonyl (C=O) groups excluding carboxylic acids is 1. The van der Waals surface area contributed by atoms with Crippen molar-refractivity contribution in [1.29, 1.82) is 0 Å². The topological polar surface area (TPSA) is 46.3 Å². The van der Waals surface area contributed by atoms with Gasteiger partial charge in [-0.15, -0.1) is 12.4 Å². The molecule has 1 aromatic carbocycles. The van der Waals surface area contributed by atoms with Crippen molar-refractivity contribution in [1.82, 2.24) is 4.90 Å². The van der Waals surface area contributed by atoms with Crippen molar-refractivity contribution in [2.45, 2.75) is 38.3 Å². The number of nitrogens with zero attached hydrogens (tertiary/aromatic N) is 1. The molecule has 1 aromatic rings. The van der Waals surface area contributed by atoms with Gasteiger partial charge in [-0.1, -0.05) is 30.3 Å². The molecule has 1 aliphatic rings. The number of hydrogen-bond donors (Lipinski definition) is 1. The van der Waals surface area contributed by atoms with Crippen molar-refractivity contribution in [3.8, 4) is 0 Å². The number of hydrogen-bond acceptors (Lipinski definition) is 2.